The maximum atomic E-state index is 12.0. The van der Waals surface area contributed by atoms with E-state index in [1.807, 2.05) is 31.2 Å². The Morgan fingerprint density at radius 1 is 1.40 bits per heavy atom. The van der Waals surface area contributed by atoms with Crippen LogP contribution < -0.4 is 11.1 Å². The minimum Gasteiger partial charge on any atom is -0.382 e. The Labute approximate surface area is 122 Å². The summed E-state index contributed by atoms with van der Waals surface area (Å²) in [5.41, 5.74) is 6.81. The molecular formula is C14H15ClN4O. The summed E-state index contributed by atoms with van der Waals surface area (Å²) in [6.45, 7) is 1.91. The van der Waals surface area contributed by atoms with Crippen LogP contribution in [-0.4, -0.2) is 21.9 Å². The normalized spacial score (nSPS) is 11.9. The number of nitrogens with two attached hydrogens (primary N) is 1. The lowest BCUT2D eigenvalue weighted by Gasteiger charge is -2.14. The van der Waals surface area contributed by atoms with E-state index >= 15 is 0 Å². The number of rotatable bonds is 4. The van der Waals surface area contributed by atoms with Crippen molar-refractivity contribution < 1.29 is 4.79 Å². The van der Waals surface area contributed by atoms with Gasteiger partial charge in [0.05, 0.1) is 0 Å². The molecule has 2 aromatic rings. The summed E-state index contributed by atoms with van der Waals surface area (Å²) >= 11 is 5.93. The topological polar surface area (TPSA) is 80.9 Å². The van der Waals surface area contributed by atoms with E-state index in [1.54, 1.807) is 0 Å². The molecule has 104 valence electrons. The second-order valence-electron chi connectivity index (χ2n) is 4.50. The lowest BCUT2D eigenvalue weighted by atomic mass is 10.1. The fourth-order valence-electron chi connectivity index (χ4n) is 1.88. The van der Waals surface area contributed by atoms with E-state index in [0.717, 1.165) is 5.56 Å². The summed E-state index contributed by atoms with van der Waals surface area (Å²) in [5, 5.41) is 3.52. The predicted molar refractivity (Wildman–Crippen MR) is 78.5 cm³/mol. The summed E-state index contributed by atoms with van der Waals surface area (Å²) in [5.74, 6) is -0.204. The van der Waals surface area contributed by atoms with Gasteiger partial charge in [0.2, 0.25) is 0 Å². The summed E-state index contributed by atoms with van der Waals surface area (Å²) in [7, 11) is 0. The molecule has 0 fully saturated rings. The van der Waals surface area contributed by atoms with E-state index in [2.05, 4.69) is 15.3 Å². The zero-order valence-corrected chi connectivity index (χ0v) is 11.8. The Hall–Kier alpha value is -2.14. The maximum Gasteiger partial charge on any atom is 0.273 e. The van der Waals surface area contributed by atoms with E-state index in [4.69, 9.17) is 17.3 Å². The van der Waals surface area contributed by atoms with Crippen molar-refractivity contribution >= 4 is 23.3 Å². The van der Waals surface area contributed by atoms with Gasteiger partial charge in [-0.25, -0.2) is 9.97 Å². The molecule has 3 N–H and O–H groups in total. The number of halogens is 1. The molecule has 1 unspecified atom stereocenters. The molecule has 0 aliphatic rings. The molecular weight excluding hydrogens is 276 g/mol. The molecule has 0 spiro atoms. The maximum absolute atomic E-state index is 12.0. The van der Waals surface area contributed by atoms with E-state index in [-0.39, 0.29) is 23.5 Å². The smallest absolute Gasteiger partial charge is 0.273 e. The molecule has 6 heteroatoms. The van der Waals surface area contributed by atoms with Gasteiger partial charge in [-0.15, -0.1) is 0 Å². The standard InChI is InChI=1S/C14H15ClN4O/c1-9(7-10-3-2-4-11(15)8-10)19-14(20)12-13(16)18-6-5-17-12/h2-6,8-9H,7H2,1H3,(H2,16,18)(H,19,20). The summed E-state index contributed by atoms with van der Waals surface area (Å²) < 4.78 is 0. The number of benzene rings is 1. The number of amides is 1. The van der Waals surface area contributed by atoms with Crippen LogP contribution in [-0.2, 0) is 6.42 Å². The zero-order valence-electron chi connectivity index (χ0n) is 11.0. The third kappa shape index (κ3) is 3.68. The lowest BCUT2D eigenvalue weighted by molar-refractivity contribution is 0.0935. The van der Waals surface area contributed by atoms with Gasteiger partial charge in [0.15, 0.2) is 11.5 Å². The van der Waals surface area contributed by atoms with Crippen LogP contribution >= 0.6 is 11.6 Å². The van der Waals surface area contributed by atoms with Gasteiger partial charge >= 0.3 is 0 Å². The molecule has 0 bridgehead atoms. The Balaban J connectivity index is 2.00. The van der Waals surface area contributed by atoms with Gasteiger partial charge in [0, 0.05) is 23.5 Å². The quantitative estimate of drug-likeness (QED) is 0.903. The molecule has 1 amide bonds. The minimum atomic E-state index is -0.329. The van der Waals surface area contributed by atoms with Crippen LogP contribution in [0.5, 0.6) is 0 Å². The largest absolute Gasteiger partial charge is 0.382 e. The highest BCUT2D eigenvalue weighted by atomic mass is 35.5. The van der Waals surface area contributed by atoms with Crippen molar-refractivity contribution in [1.82, 2.24) is 15.3 Å². The lowest BCUT2D eigenvalue weighted by Crippen LogP contribution is -2.35. The van der Waals surface area contributed by atoms with Gasteiger partial charge in [0.1, 0.15) is 0 Å². The first-order chi connectivity index (χ1) is 9.56. The fourth-order valence-corrected chi connectivity index (χ4v) is 2.10. The first-order valence-electron chi connectivity index (χ1n) is 6.18. The second-order valence-corrected chi connectivity index (χ2v) is 4.94. The number of hydrogen-bond donors (Lipinski definition) is 2. The first kappa shape index (κ1) is 14.3. The number of aromatic nitrogens is 2. The number of hydrogen-bond acceptors (Lipinski definition) is 4. The van der Waals surface area contributed by atoms with Gasteiger partial charge < -0.3 is 11.1 Å². The molecule has 0 aliphatic carbocycles. The highest BCUT2D eigenvalue weighted by molar-refractivity contribution is 6.30. The number of carbonyl (C=O) groups is 1. The number of nitrogens with zero attached hydrogens (tertiary/aromatic N) is 2. The van der Waals surface area contributed by atoms with Crippen LogP contribution in [0.1, 0.15) is 23.0 Å². The molecule has 1 aromatic heterocycles. The molecule has 0 saturated carbocycles. The molecule has 1 heterocycles. The molecule has 5 nitrogen and oxygen atoms in total. The molecule has 0 aliphatic heterocycles. The van der Waals surface area contributed by atoms with Crippen molar-refractivity contribution in [2.24, 2.45) is 0 Å². The number of carbonyl (C=O) groups excluding carboxylic acids is 1. The number of nitrogen functional groups attached to an aromatic ring is 1. The Kier molecular flexibility index (Phi) is 4.53. The van der Waals surface area contributed by atoms with Crippen molar-refractivity contribution in [2.45, 2.75) is 19.4 Å². The van der Waals surface area contributed by atoms with Crippen molar-refractivity contribution in [3.05, 3.63) is 52.9 Å². The molecule has 0 radical (unpaired) electrons. The summed E-state index contributed by atoms with van der Waals surface area (Å²) in [6, 6.07) is 7.47. The molecule has 1 atom stereocenters. The van der Waals surface area contributed by atoms with Crippen LogP contribution in [0.25, 0.3) is 0 Å². The Bertz CT molecular complexity index is 618. The van der Waals surface area contributed by atoms with E-state index in [9.17, 15) is 4.79 Å². The third-order valence-corrected chi connectivity index (χ3v) is 2.99. The third-order valence-electron chi connectivity index (χ3n) is 2.75. The molecule has 1 aromatic carbocycles. The van der Waals surface area contributed by atoms with E-state index < -0.39 is 0 Å². The van der Waals surface area contributed by atoms with Crippen LogP contribution in [0.4, 0.5) is 5.82 Å². The van der Waals surface area contributed by atoms with Gasteiger partial charge in [-0.05, 0) is 31.0 Å². The van der Waals surface area contributed by atoms with E-state index in [0.29, 0.717) is 11.4 Å². The summed E-state index contributed by atoms with van der Waals surface area (Å²) in [6.07, 6.45) is 3.56. The van der Waals surface area contributed by atoms with Crippen LogP contribution in [0.15, 0.2) is 36.7 Å². The number of nitrogens with one attached hydrogen (secondary N) is 1. The van der Waals surface area contributed by atoms with Crippen LogP contribution in [0, 0.1) is 0 Å². The van der Waals surface area contributed by atoms with Gasteiger partial charge in [-0.2, -0.15) is 0 Å². The van der Waals surface area contributed by atoms with Crippen molar-refractivity contribution in [1.29, 1.82) is 0 Å². The average Bonchev–Trinajstić information content (AvgIpc) is 2.38. The van der Waals surface area contributed by atoms with Crippen molar-refractivity contribution in [3.8, 4) is 0 Å². The molecule has 2 rings (SSSR count). The minimum absolute atomic E-state index is 0.0672. The van der Waals surface area contributed by atoms with Crippen LogP contribution in [0.3, 0.4) is 0 Å². The van der Waals surface area contributed by atoms with Crippen LogP contribution in [0.2, 0.25) is 5.02 Å². The van der Waals surface area contributed by atoms with Gasteiger partial charge in [0.25, 0.3) is 5.91 Å². The highest BCUT2D eigenvalue weighted by Gasteiger charge is 2.14. The zero-order chi connectivity index (χ0) is 14.5. The summed E-state index contributed by atoms with van der Waals surface area (Å²) in [4.78, 5) is 19.8. The molecule has 0 saturated heterocycles. The van der Waals surface area contributed by atoms with Gasteiger partial charge in [-0.1, -0.05) is 23.7 Å². The second kappa shape index (κ2) is 6.34. The highest BCUT2D eigenvalue weighted by Crippen LogP contribution is 2.12. The average molecular weight is 291 g/mol. The number of anilines is 1. The predicted octanol–water partition coefficient (Wildman–Crippen LogP) is 2.07. The first-order valence-corrected chi connectivity index (χ1v) is 6.56. The van der Waals surface area contributed by atoms with E-state index in [1.165, 1.54) is 12.4 Å². The SMILES string of the molecule is CC(Cc1cccc(Cl)c1)NC(=O)c1nccnc1N. The van der Waals surface area contributed by atoms with Gasteiger partial charge in [-0.3, -0.25) is 4.79 Å². The monoisotopic (exact) mass is 290 g/mol. The molecule has 20 heavy (non-hydrogen) atoms. The Morgan fingerprint density at radius 3 is 2.85 bits per heavy atom. The Morgan fingerprint density at radius 2 is 2.15 bits per heavy atom. The van der Waals surface area contributed by atoms with Crippen molar-refractivity contribution in [3.63, 3.8) is 0 Å². The van der Waals surface area contributed by atoms with Crippen molar-refractivity contribution in [2.75, 3.05) is 5.73 Å². The fraction of sp³-hybridized carbons (Fsp3) is 0.214.